The maximum atomic E-state index is 3.16. The number of hydrogen-bond acceptors (Lipinski definition) is 2. The molecule has 1 N–H and O–H groups in total. The van der Waals surface area contributed by atoms with Gasteiger partial charge in [0.2, 0.25) is 0 Å². The third-order valence-corrected chi connectivity index (χ3v) is 2.83. The Kier molecular flexibility index (Phi) is 4.19. The first-order chi connectivity index (χ1) is 6.22. The van der Waals surface area contributed by atoms with Gasteiger partial charge in [-0.2, -0.15) is 0 Å². The average molecular weight is 195 g/mol. The minimum atomic E-state index is 1.06. The van der Waals surface area contributed by atoms with E-state index in [1.165, 1.54) is 15.3 Å². The van der Waals surface area contributed by atoms with Gasteiger partial charge in [0, 0.05) is 9.75 Å². The van der Waals surface area contributed by atoms with E-state index >= 15 is 0 Å². The van der Waals surface area contributed by atoms with E-state index in [9.17, 15) is 0 Å². The van der Waals surface area contributed by atoms with E-state index in [0.29, 0.717) is 0 Å². The molecule has 1 aromatic rings. The summed E-state index contributed by atoms with van der Waals surface area (Å²) in [6, 6.07) is 4.42. The number of allylic oxidation sites excluding steroid dienone is 1. The fourth-order valence-electron chi connectivity index (χ4n) is 1.14. The van der Waals surface area contributed by atoms with Crippen LogP contribution in [0.5, 0.6) is 0 Å². The SMILES string of the molecule is CNCCc1ccc(C=C(C)C)s1. The molecular formula is C11H17NS. The van der Waals surface area contributed by atoms with Crippen LogP contribution in [-0.2, 0) is 6.42 Å². The van der Waals surface area contributed by atoms with Gasteiger partial charge in [-0.25, -0.2) is 0 Å². The summed E-state index contributed by atoms with van der Waals surface area (Å²) in [7, 11) is 1.99. The van der Waals surface area contributed by atoms with E-state index in [1.807, 2.05) is 18.4 Å². The minimum absolute atomic E-state index is 1.06. The largest absolute Gasteiger partial charge is 0.319 e. The lowest BCUT2D eigenvalue weighted by Crippen LogP contribution is -2.09. The van der Waals surface area contributed by atoms with E-state index in [1.54, 1.807) is 0 Å². The Hall–Kier alpha value is -0.600. The lowest BCUT2D eigenvalue weighted by Gasteiger charge is -1.94. The quantitative estimate of drug-likeness (QED) is 0.779. The predicted octanol–water partition coefficient (Wildman–Crippen LogP) is 2.93. The van der Waals surface area contributed by atoms with Gasteiger partial charge in [0.1, 0.15) is 0 Å². The lowest BCUT2D eigenvalue weighted by molar-refractivity contribution is 0.799. The van der Waals surface area contributed by atoms with Gasteiger partial charge < -0.3 is 5.32 Å². The first-order valence-corrected chi connectivity index (χ1v) is 5.42. The second-order valence-electron chi connectivity index (χ2n) is 3.38. The standard InChI is InChI=1S/C11H17NS/c1-9(2)8-11-5-4-10(13-11)6-7-12-3/h4-5,8,12H,6-7H2,1-3H3. The summed E-state index contributed by atoms with van der Waals surface area (Å²) in [4.78, 5) is 2.83. The number of thiophene rings is 1. The molecule has 0 radical (unpaired) electrons. The van der Waals surface area contributed by atoms with Crippen LogP contribution >= 0.6 is 11.3 Å². The predicted molar refractivity (Wildman–Crippen MR) is 61.3 cm³/mol. The second kappa shape index (κ2) is 5.20. The highest BCUT2D eigenvalue weighted by atomic mass is 32.1. The average Bonchev–Trinajstić information content (AvgIpc) is 2.48. The van der Waals surface area contributed by atoms with Crippen LogP contribution in [0.2, 0.25) is 0 Å². The maximum absolute atomic E-state index is 3.16. The Balaban J connectivity index is 2.58. The molecule has 0 aliphatic carbocycles. The van der Waals surface area contributed by atoms with Crippen molar-refractivity contribution in [2.75, 3.05) is 13.6 Å². The Labute approximate surface area is 84.5 Å². The highest BCUT2D eigenvalue weighted by molar-refractivity contribution is 7.12. The van der Waals surface area contributed by atoms with E-state index in [-0.39, 0.29) is 0 Å². The Bertz CT molecular complexity index is 282. The summed E-state index contributed by atoms with van der Waals surface area (Å²) >= 11 is 1.88. The zero-order chi connectivity index (χ0) is 9.68. The fraction of sp³-hybridized carbons (Fsp3) is 0.455. The molecule has 1 nitrogen and oxygen atoms in total. The van der Waals surface area contributed by atoms with Gasteiger partial charge in [0.15, 0.2) is 0 Å². The highest BCUT2D eigenvalue weighted by Gasteiger charge is 1.96. The zero-order valence-electron chi connectivity index (χ0n) is 8.55. The van der Waals surface area contributed by atoms with Gasteiger partial charge in [-0.15, -0.1) is 11.3 Å². The van der Waals surface area contributed by atoms with Crippen LogP contribution in [0, 0.1) is 0 Å². The molecule has 1 rings (SSSR count). The Morgan fingerprint density at radius 1 is 1.46 bits per heavy atom. The van der Waals surface area contributed by atoms with Gasteiger partial charge in [-0.1, -0.05) is 5.57 Å². The first kappa shape index (κ1) is 10.5. The Morgan fingerprint density at radius 3 is 2.85 bits per heavy atom. The molecular weight excluding hydrogens is 178 g/mol. The van der Waals surface area contributed by atoms with Crippen LogP contribution in [0.3, 0.4) is 0 Å². The molecule has 0 fully saturated rings. The second-order valence-corrected chi connectivity index (χ2v) is 4.58. The summed E-state index contributed by atoms with van der Waals surface area (Å²) in [5, 5.41) is 3.16. The molecule has 0 spiro atoms. The van der Waals surface area contributed by atoms with E-state index in [4.69, 9.17) is 0 Å². The fourth-order valence-corrected chi connectivity index (χ4v) is 2.21. The molecule has 13 heavy (non-hydrogen) atoms. The van der Waals surface area contributed by atoms with Gasteiger partial charge in [0.05, 0.1) is 0 Å². The van der Waals surface area contributed by atoms with Crippen LogP contribution < -0.4 is 5.32 Å². The highest BCUT2D eigenvalue weighted by Crippen LogP contribution is 2.19. The molecule has 1 aromatic heterocycles. The molecule has 0 unspecified atom stereocenters. The van der Waals surface area contributed by atoms with Crippen molar-refractivity contribution < 1.29 is 0 Å². The van der Waals surface area contributed by atoms with Crippen LogP contribution in [0.25, 0.3) is 6.08 Å². The molecule has 0 saturated carbocycles. The number of hydrogen-bond donors (Lipinski definition) is 1. The van der Waals surface area contributed by atoms with Crippen LogP contribution in [0.15, 0.2) is 17.7 Å². The van der Waals surface area contributed by atoms with Crippen molar-refractivity contribution >= 4 is 17.4 Å². The third kappa shape index (κ3) is 3.75. The van der Waals surface area contributed by atoms with Crippen molar-refractivity contribution in [2.24, 2.45) is 0 Å². The zero-order valence-corrected chi connectivity index (χ0v) is 9.37. The lowest BCUT2D eigenvalue weighted by atomic mass is 10.3. The van der Waals surface area contributed by atoms with Crippen molar-refractivity contribution in [1.82, 2.24) is 5.32 Å². The molecule has 72 valence electrons. The van der Waals surface area contributed by atoms with Gasteiger partial charge in [-0.05, 0) is 52.1 Å². The summed E-state index contributed by atoms with van der Waals surface area (Å²) in [6.45, 7) is 5.33. The molecule has 0 aliphatic rings. The van der Waals surface area contributed by atoms with Crippen molar-refractivity contribution in [2.45, 2.75) is 20.3 Å². The van der Waals surface area contributed by atoms with Crippen LogP contribution in [0.4, 0.5) is 0 Å². The van der Waals surface area contributed by atoms with Gasteiger partial charge in [-0.3, -0.25) is 0 Å². The molecule has 1 heterocycles. The monoisotopic (exact) mass is 195 g/mol. The molecule has 2 heteroatoms. The van der Waals surface area contributed by atoms with Crippen molar-refractivity contribution in [1.29, 1.82) is 0 Å². The molecule has 0 amide bonds. The van der Waals surface area contributed by atoms with Crippen molar-refractivity contribution in [3.8, 4) is 0 Å². The van der Waals surface area contributed by atoms with Crippen molar-refractivity contribution in [3.63, 3.8) is 0 Å². The third-order valence-electron chi connectivity index (χ3n) is 1.73. The van der Waals surface area contributed by atoms with Gasteiger partial charge >= 0.3 is 0 Å². The van der Waals surface area contributed by atoms with E-state index in [0.717, 1.165) is 13.0 Å². The van der Waals surface area contributed by atoms with E-state index < -0.39 is 0 Å². The summed E-state index contributed by atoms with van der Waals surface area (Å²) in [5.41, 5.74) is 1.36. The van der Waals surface area contributed by atoms with Crippen LogP contribution in [-0.4, -0.2) is 13.6 Å². The molecule has 0 atom stereocenters. The number of rotatable bonds is 4. The summed E-state index contributed by atoms with van der Waals surface area (Å²) in [5.74, 6) is 0. The summed E-state index contributed by atoms with van der Waals surface area (Å²) < 4.78 is 0. The van der Waals surface area contributed by atoms with E-state index in [2.05, 4.69) is 37.4 Å². The number of likely N-dealkylation sites (N-methyl/N-ethyl adjacent to an activating group) is 1. The first-order valence-electron chi connectivity index (χ1n) is 4.60. The topological polar surface area (TPSA) is 12.0 Å². The molecule has 0 saturated heterocycles. The maximum Gasteiger partial charge on any atom is 0.0272 e. The van der Waals surface area contributed by atoms with Gasteiger partial charge in [0.25, 0.3) is 0 Å². The van der Waals surface area contributed by atoms with Crippen molar-refractivity contribution in [3.05, 3.63) is 27.5 Å². The summed E-state index contributed by atoms with van der Waals surface area (Å²) in [6.07, 6.45) is 3.37. The van der Waals surface area contributed by atoms with Crippen LogP contribution in [0.1, 0.15) is 23.6 Å². The minimum Gasteiger partial charge on any atom is -0.319 e. The normalized spacial score (nSPS) is 10.1. The molecule has 0 bridgehead atoms. The smallest absolute Gasteiger partial charge is 0.0272 e. The molecule has 0 aliphatic heterocycles. The Morgan fingerprint density at radius 2 is 2.23 bits per heavy atom. The molecule has 0 aromatic carbocycles. The number of nitrogens with one attached hydrogen (secondary N) is 1.